The molecule has 3 aromatic carbocycles. The minimum atomic E-state index is -1.14. The third kappa shape index (κ3) is 5.60. The van der Waals surface area contributed by atoms with Gasteiger partial charge in [0.25, 0.3) is 5.91 Å². The van der Waals surface area contributed by atoms with Gasteiger partial charge in [-0.3, -0.25) is 4.79 Å². The van der Waals surface area contributed by atoms with Crippen LogP contribution < -0.4 is 10.1 Å². The third-order valence-corrected chi connectivity index (χ3v) is 5.15. The first-order chi connectivity index (χ1) is 15.0. The predicted octanol–water partition coefficient (Wildman–Crippen LogP) is 4.97. The number of rotatable bonds is 10. The molecule has 5 nitrogen and oxygen atoms in total. The maximum Gasteiger partial charge on any atom is 0.326 e. The van der Waals surface area contributed by atoms with E-state index in [1.54, 1.807) is 31.2 Å². The molecule has 0 radical (unpaired) electrons. The fourth-order valence-electron chi connectivity index (χ4n) is 3.45. The smallest absolute Gasteiger partial charge is 0.326 e. The van der Waals surface area contributed by atoms with Crippen molar-refractivity contribution in [3.05, 3.63) is 77.6 Å². The molecule has 1 amide bonds. The second kappa shape index (κ2) is 10.6. The average molecular weight is 423 g/mol. The number of aliphatic carboxylic acids is 1. The number of carboxylic acids is 1. The highest BCUT2D eigenvalue weighted by Crippen LogP contribution is 2.32. The van der Waals surface area contributed by atoms with Crippen LogP contribution in [0.2, 0.25) is 0 Å². The Labute approximate surface area is 180 Å². The first-order valence-electron chi connectivity index (χ1n) is 10.4. The van der Waals surface area contributed by atoms with Gasteiger partial charge in [0, 0.05) is 10.8 Å². The molecule has 0 spiro atoms. The zero-order chi connectivity index (χ0) is 22.2. The van der Waals surface area contributed by atoms with Crippen LogP contribution in [0.1, 0.15) is 42.1 Å². The highest BCUT2D eigenvalue weighted by Gasteiger charge is 2.23. The second-order valence-electron chi connectivity index (χ2n) is 7.34. The number of nitrogens with one attached hydrogen (secondary N) is 1. The number of hydrogen-bond acceptors (Lipinski definition) is 3. The number of halogens is 1. The van der Waals surface area contributed by atoms with Gasteiger partial charge in [-0.25, -0.2) is 9.18 Å². The molecule has 0 fully saturated rings. The number of carboxylic acid groups (broad SMARTS) is 1. The third-order valence-electron chi connectivity index (χ3n) is 5.15. The first-order valence-corrected chi connectivity index (χ1v) is 10.4. The van der Waals surface area contributed by atoms with Crippen LogP contribution in [0.15, 0.2) is 60.7 Å². The van der Waals surface area contributed by atoms with E-state index in [0.717, 1.165) is 25.3 Å². The molecule has 162 valence electrons. The van der Waals surface area contributed by atoms with E-state index >= 15 is 0 Å². The predicted molar refractivity (Wildman–Crippen MR) is 118 cm³/mol. The average Bonchev–Trinajstić information content (AvgIpc) is 2.78. The van der Waals surface area contributed by atoms with Gasteiger partial charge >= 0.3 is 5.97 Å². The molecule has 3 aromatic rings. The molecule has 31 heavy (non-hydrogen) atoms. The summed E-state index contributed by atoms with van der Waals surface area (Å²) in [7, 11) is 0. The van der Waals surface area contributed by atoms with Crippen molar-refractivity contribution in [2.24, 2.45) is 0 Å². The van der Waals surface area contributed by atoms with Crippen molar-refractivity contribution in [2.75, 3.05) is 6.61 Å². The summed E-state index contributed by atoms with van der Waals surface area (Å²) in [4.78, 5) is 24.1. The van der Waals surface area contributed by atoms with Crippen LogP contribution in [-0.4, -0.2) is 29.6 Å². The van der Waals surface area contributed by atoms with E-state index in [1.807, 2.05) is 18.2 Å². The van der Waals surface area contributed by atoms with Gasteiger partial charge in [0.1, 0.15) is 17.6 Å². The van der Waals surface area contributed by atoms with Gasteiger partial charge in [0.05, 0.1) is 12.2 Å². The monoisotopic (exact) mass is 423 g/mol. The Bertz CT molecular complexity index is 1050. The molecule has 0 heterocycles. The van der Waals surface area contributed by atoms with E-state index < -0.39 is 23.7 Å². The fourth-order valence-corrected chi connectivity index (χ4v) is 3.45. The van der Waals surface area contributed by atoms with E-state index in [4.69, 9.17) is 4.74 Å². The molecule has 0 saturated carbocycles. The van der Waals surface area contributed by atoms with E-state index in [9.17, 15) is 19.1 Å². The van der Waals surface area contributed by atoms with E-state index in [0.29, 0.717) is 17.4 Å². The van der Waals surface area contributed by atoms with Crippen molar-refractivity contribution in [3.63, 3.8) is 0 Å². The van der Waals surface area contributed by atoms with Crippen molar-refractivity contribution >= 4 is 22.6 Å². The van der Waals surface area contributed by atoms with Gasteiger partial charge < -0.3 is 15.2 Å². The van der Waals surface area contributed by atoms with E-state index in [1.165, 1.54) is 5.56 Å². The van der Waals surface area contributed by atoms with Gasteiger partial charge in [0.2, 0.25) is 0 Å². The Morgan fingerprint density at radius 3 is 2.39 bits per heavy atom. The van der Waals surface area contributed by atoms with Crippen molar-refractivity contribution < 1.29 is 23.8 Å². The Balaban J connectivity index is 1.78. The molecule has 1 unspecified atom stereocenters. The molecule has 0 aliphatic rings. The summed E-state index contributed by atoms with van der Waals surface area (Å²) in [6, 6.07) is 17.0. The SMILES string of the molecule is CCC(NC(=O)c1cc(F)c2ccccc2c1OCCCCc1ccccc1)C(=O)O. The number of amides is 1. The Hall–Kier alpha value is -3.41. The number of hydrogen-bond donors (Lipinski definition) is 2. The quantitative estimate of drug-likeness (QED) is 0.451. The summed E-state index contributed by atoms with van der Waals surface area (Å²) in [6.07, 6.45) is 2.79. The van der Waals surface area contributed by atoms with Crippen LogP contribution >= 0.6 is 0 Å². The minimum absolute atomic E-state index is 0.000964. The Morgan fingerprint density at radius 1 is 1.03 bits per heavy atom. The molecular weight excluding hydrogens is 397 g/mol. The minimum Gasteiger partial charge on any atom is -0.492 e. The molecule has 2 N–H and O–H groups in total. The maximum atomic E-state index is 14.6. The zero-order valence-corrected chi connectivity index (χ0v) is 17.4. The lowest BCUT2D eigenvalue weighted by atomic mass is 10.0. The number of carbonyl (C=O) groups excluding carboxylic acids is 1. The number of fused-ring (bicyclic) bond motifs is 1. The summed E-state index contributed by atoms with van der Waals surface area (Å²) in [5, 5.41) is 12.5. The normalized spacial score (nSPS) is 11.8. The first kappa shape index (κ1) is 22.3. The van der Waals surface area contributed by atoms with Crippen molar-refractivity contribution in [1.29, 1.82) is 0 Å². The Morgan fingerprint density at radius 2 is 1.71 bits per heavy atom. The lowest BCUT2D eigenvalue weighted by Crippen LogP contribution is -2.40. The summed E-state index contributed by atoms with van der Waals surface area (Å²) >= 11 is 0. The fraction of sp³-hybridized carbons (Fsp3) is 0.280. The van der Waals surface area contributed by atoms with Crippen LogP contribution in [-0.2, 0) is 11.2 Å². The van der Waals surface area contributed by atoms with Gasteiger partial charge in [-0.1, -0.05) is 61.5 Å². The molecule has 0 aliphatic heterocycles. The molecule has 0 saturated heterocycles. The number of unbranched alkanes of at least 4 members (excludes halogenated alkanes) is 1. The topological polar surface area (TPSA) is 75.6 Å². The van der Waals surface area contributed by atoms with Crippen LogP contribution in [0.5, 0.6) is 5.75 Å². The van der Waals surface area contributed by atoms with E-state index in [-0.39, 0.29) is 17.7 Å². The summed E-state index contributed by atoms with van der Waals surface area (Å²) in [5.74, 6) is -2.09. The van der Waals surface area contributed by atoms with Crippen molar-refractivity contribution in [3.8, 4) is 5.75 Å². The lowest BCUT2D eigenvalue weighted by Gasteiger charge is -2.17. The van der Waals surface area contributed by atoms with Crippen molar-refractivity contribution in [1.82, 2.24) is 5.32 Å². The number of aryl methyl sites for hydroxylation is 1. The molecule has 6 heteroatoms. The van der Waals surface area contributed by atoms with Gasteiger partial charge in [0.15, 0.2) is 0 Å². The highest BCUT2D eigenvalue weighted by atomic mass is 19.1. The van der Waals surface area contributed by atoms with Crippen LogP contribution in [0.3, 0.4) is 0 Å². The van der Waals surface area contributed by atoms with Gasteiger partial charge in [-0.05, 0) is 37.3 Å². The maximum absolute atomic E-state index is 14.6. The van der Waals surface area contributed by atoms with Crippen LogP contribution in [0, 0.1) is 5.82 Å². The molecular formula is C25H26FNO4. The Kier molecular flexibility index (Phi) is 7.60. The van der Waals surface area contributed by atoms with Gasteiger partial charge in [-0.15, -0.1) is 0 Å². The van der Waals surface area contributed by atoms with Crippen molar-refractivity contribution in [2.45, 2.75) is 38.6 Å². The summed E-state index contributed by atoms with van der Waals surface area (Å²) < 4.78 is 20.6. The molecule has 0 aliphatic carbocycles. The largest absolute Gasteiger partial charge is 0.492 e. The van der Waals surface area contributed by atoms with Crippen LogP contribution in [0.25, 0.3) is 10.8 Å². The number of ether oxygens (including phenoxy) is 1. The molecule has 3 rings (SSSR count). The second-order valence-corrected chi connectivity index (χ2v) is 7.34. The van der Waals surface area contributed by atoms with Crippen LogP contribution in [0.4, 0.5) is 4.39 Å². The standard InChI is InChI=1S/C25H26FNO4/c1-2-22(25(29)30)27-24(28)20-16-21(26)18-13-6-7-14-19(18)23(20)31-15-9-8-12-17-10-4-3-5-11-17/h3-7,10-11,13-14,16,22H,2,8-9,12,15H2,1H3,(H,27,28)(H,29,30). The lowest BCUT2D eigenvalue weighted by molar-refractivity contribution is -0.139. The molecule has 0 bridgehead atoms. The van der Waals surface area contributed by atoms with E-state index in [2.05, 4.69) is 17.4 Å². The summed E-state index contributed by atoms with van der Waals surface area (Å²) in [6.45, 7) is 2.02. The zero-order valence-electron chi connectivity index (χ0n) is 17.4. The summed E-state index contributed by atoms with van der Waals surface area (Å²) in [5.41, 5.74) is 1.24. The highest BCUT2D eigenvalue weighted by molar-refractivity contribution is 6.05. The number of carbonyl (C=O) groups is 2. The molecule has 0 aromatic heterocycles. The molecule has 1 atom stereocenters. The number of benzene rings is 3. The van der Waals surface area contributed by atoms with Gasteiger partial charge in [-0.2, -0.15) is 0 Å².